The molecule has 1 N–H and O–H groups in total. The molecule has 0 aromatic carbocycles. The Morgan fingerprint density at radius 3 is 2.84 bits per heavy atom. The van der Waals surface area contributed by atoms with Crippen LogP contribution < -0.4 is 5.32 Å². The van der Waals surface area contributed by atoms with Crippen LogP contribution >= 0.6 is 0 Å². The Labute approximate surface area is 111 Å². The van der Waals surface area contributed by atoms with Gasteiger partial charge in [0.25, 0.3) is 0 Å². The average molecular weight is 263 g/mol. The summed E-state index contributed by atoms with van der Waals surface area (Å²) in [6, 6.07) is 1.62. The second kappa shape index (κ2) is 5.64. The lowest BCUT2D eigenvalue weighted by Gasteiger charge is -2.09. The molecule has 0 aliphatic heterocycles. The topological polar surface area (TPSA) is 85.8 Å². The van der Waals surface area contributed by atoms with Crippen LogP contribution in [-0.2, 0) is 11.3 Å². The summed E-state index contributed by atoms with van der Waals surface area (Å²) in [5, 5.41) is 14.6. The third-order valence-corrected chi connectivity index (χ3v) is 2.63. The smallest absolute Gasteiger partial charge is 0.238 e. The zero-order valence-electron chi connectivity index (χ0n) is 11.3. The van der Waals surface area contributed by atoms with Crippen molar-refractivity contribution >= 4 is 5.91 Å². The molecule has 0 aliphatic rings. The van der Waals surface area contributed by atoms with Crippen LogP contribution in [0.25, 0.3) is 0 Å². The lowest BCUT2D eigenvalue weighted by atomic mass is 10.3. The zero-order valence-corrected chi connectivity index (χ0v) is 11.3. The second-order valence-corrected chi connectivity index (χ2v) is 4.42. The molecule has 102 valence electrons. The van der Waals surface area contributed by atoms with E-state index in [2.05, 4.69) is 20.6 Å². The van der Waals surface area contributed by atoms with Crippen LogP contribution in [0, 0.1) is 13.8 Å². The van der Waals surface area contributed by atoms with Gasteiger partial charge in [-0.05, 0) is 19.9 Å². The van der Waals surface area contributed by atoms with Gasteiger partial charge in [0.1, 0.15) is 6.04 Å². The van der Waals surface area contributed by atoms with Crippen LogP contribution in [0.3, 0.4) is 0 Å². The zero-order chi connectivity index (χ0) is 13.8. The molecule has 0 saturated heterocycles. The normalized spacial score (nSPS) is 12.4. The van der Waals surface area contributed by atoms with E-state index in [0.717, 1.165) is 5.69 Å². The van der Waals surface area contributed by atoms with E-state index in [0.29, 0.717) is 24.7 Å². The molecule has 0 bridgehead atoms. The molecule has 0 aliphatic carbocycles. The molecule has 19 heavy (non-hydrogen) atoms. The molecule has 1 amide bonds. The highest BCUT2D eigenvalue weighted by Crippen LogP contribution is 2.10. The van der Waals surface area contributed by atoms with Gasteiger partial charge in [-0.25, -0.2) is 0 Å². The molecule has 7 heteroatoms. The Morgan fingerprint density at radius 1 is 1.47 bits per heavy atom. The van der Waals surface area contributed by atoms with E-state index in [1.165, 1.54) is 0 Å². The average Bonchev–Trinajstić information content (AvgIpc) is 2.95. The molecule has 0 fully saturated rings. The summed E-state index contributed by atoms with van der Waals surface area (Å²) in [7, 11) is 0. The van der Waals surface area contributed by atoms with E-state index in [9.17, 15) is 4.79 Å². The Morgan fingerprint density at radius 2 is 2.26 bits per heavy atom. The maximum atomic E-state index is 11.8. The van der Waals surface area contributed by atoms with Crippen molar-refractivity contribution in [2.45, 2.75) is 39.8 Å². The van der Waals surface area contributed by atoms with Crippen LogP contribution in [0.2, 0.25) is 0 Å². The van der Waals surface area contributed by atoms with Crippen molar-refractivity contribution in [2.75, 3.05) is 0 Å². The fourth-order valence-electron chi connectivity index (χ4n) is 1.67. The van der Waals surface area contributed by atoms with E-state index in [1.807, 2.05) is 26.1 Å². The molecule has 0 spiro atoms. The number of hydrogen-bond donors (Lipinski definition) is 1. The first-order chi connectivity index (χ1) is 9.04. The van der Waals surface area contributed by atoms with Crippen molar-refractivity contribution in [3.8, 4) is 0 Å². The van der Waals surface area contributed by atoms with Gasteiger partial charge in [0.2, 0.25) is 17.7 Å². The van der Waals surface area contributed by atoms with Crippen LogP contribution in [0.4, 0.5) is 0 Å². The molecular formula is C12H17N5O2. The quantitative estimate of drug-likeness (QED) is 0.874. The summed E-state index contributed by atoms with van der Waals surface area (Å²) >= 11 is 0. The molecule has 2 aromatic heterocycles. The number of aryl methyl sites for hydroxylation is 3. The lowest BCUT2D eigenvalue weighted by molar-refractivity contribution is -0.122. The number of nitrogens with one attached hydrogen (secondary N) is 1. The second-order valence-electron chi connectivity index (χ2n) is 4.42. The highest BCUT2D eigenvalue weighted by Gasteiger charge is 2.15. The van der Waals surface area contributed by atoms with Crippen molar-refractivity contribution in [1.29, 1.82) is 0 Å². The predicted molar refractivity (Wildman–Crippen MR) is 67.2 cm³/mol. The van der Waals surface area contributed by atoms with Gasteiger partial charge in [0.15, 0.2) is 0 Å². The number of carbonyl (C=O) groups excluding carboxylic acids is 1. The van der Waals surface area contributed by atoms with E-state index in [4.69, 9.17) is 4.42 Å². The SMILES string of the molecule is Cc1ccn(CCC(=O)N[C@@H](C)c2nnc(C)o2)n1. The Kier molecular flexibility index (Phi) is 3.94. The van der Waals surface area contributed by atoms with Crippen molar-refractivity contribution < 1.29 is 9.21 Å². The monoisotopic (exact) mass is 263 g/mol. The van der Waals surface area contributed by atoms with Gasteiger partial charge in [-0.15, -0.1) is 10.2 Å². The fourth-order valence-corrected chi connectivity index (χ4v) is 1.67. The van der Waals surface area contributed by atoms with Crippen LogP contribution in [0.15, 0.2) is 16.7 Å². The maximum Gasteiger partial charge on any atom is 0.238 e. The van der Waals surface area contributed by atoms with E-state index in [1.54, 1.807) is 11.6 Å². The molecule has 1 atom stereocenters. The molecule has 2 heterocycles. The molecule has 2 rings (SSSR count). The molecule has 7 nitrogen and oxygen atoms in total. The summed E-state index contributed by atoms with van der Waals surface area (Å²) in [6.07, 6.45) is 2.21. The van der Waals surface area contributed by atoms with Crippen LogP contribution in [-0.4, -0.2) is 25.9 Å². The number of nitrogens with zero attached hydrogens (tertiary/aromatic N) is 4. The van der Waals surface area contributed by atoms with Gasteiger partial charge >= 0.3 is 0 Å². The number of aromatic nitrogens is 4. The van der Waals surface area contributed by atoms with E-state index in [-0.39, 0.29) is 11.9 Å². The lowest BCUT2D eigenvalue weighted by Crippen LogP contribution is -2.27. The van der Waals surface area contributed by atoms with Crippen LogP contribution in [0.5, 0.6) is 0 Å². The molecule has 2 aromatic rings. The van der Waals surface area contributed by atoms with Gasteiger partial charge in [-0.2, -0.15) is 5.10 Å². The Balaban J connectivity index is 1.81. The largest absolute Gasteiger partial charge is 0.423 e. The summed E-state index contributed by atoms with van der Waals surface area (Å²) in [5.74, 6) is 0.834. The van der Waals surface area contributed by atoms with Gasteiger partial charge < -0.3 is 9.73 Å². The van der Waals surface area contributed by atoms with Gasteiger partial charge in [-0.3, -0.25) is 9.48 Å². The minimum atomic E-state index is -0.284. The molecule has 0 saturated carbocycles. The predicted octanol–water partition coefficient (Wildman–Crippen LogP) is 1.15. The highest BCUT2D eigenvalue weighted by molar-refractivity contribution is 5.76. The van der Waals surface area contributed by atoms with Gasteiger partial charge in [0, 0.05) is 26.1 Å². The third kappa shape index (κ3) is 3.64. The minimum Gasteiger partial charge on any atom is -0.423 e. The number of carbonyl (C=O) groups is 1. The van der Waals surface area contributed by atoms with Crippen molar-refractivity contribution in [2.24, 2.45) is 0 Å². The number of hydrogen-bond acceptors (Lipinski definition) is 5. The molecular weight excluding hydrogens is 246 g/mol. The first-order valence-corrected chi connectivity index (χ1v) is 6.14. The Hall–Kier alpha value is -2.18. The van der Waals surface area contributed by atoms with Gasteiger partial charge in [-0.1, -0.05) is 0 Å². The third-order valence-electron chi connectivity index (χ3n) is 2.63. The maximum absolute atomic E-state index is 11.8. The summed E-state index contributed by atoms with van der Waals surface area (Å²) in [6.45, 7) is 5.99. The summed E-state index contributed by atoms with van der Waals surface area (Å²) < 4.78 is 7.00. The minimum absolute atomic E-state index is 0.0727. The first kappa shape index (κ1) is 13.3. The van der Waals surface area contributed by atoms with E-state index < -0.39 is 0 Å². The standard InChI is InChI=1S/C12H17N5O2/c1-8-4-6-17(16-8)7-5-11(18)13-9(2)12-15-14-10(3)19-12/h4,6,9H,5,7H2,1-3H3,(H,13,18)/t9-/m0/s1. The van der Waals surface area contributed by atoms with E-state index >= 15 is 0 Å². The van der Waals surface area contributed by atoms with Crippen molar-refractivity contribution in [1.82, 2.24) is 25.3 Å². The van der Waals surface area contributed by atoms with Crippen molar-refractivity contribution in [3.05, 3.63) is 29.7 Å². The number of amides is 1. The first-order valence-electron chi connectivity index (χ1n) is 6.14. The highest BCUT2D eigenvalue weighted by atomic mass is 16.4. The Bertz CT molecular complexity index is 560. The fraction of sp³-hybridized carbons (Fsp3) is 0.500. The summed E-state index contributed by atoms with van der Waals surface area (Å²) in [4.78, 5) is 11.8. The molecule has 0 unspecified atom stereocenters. The summed E-state index contributed by atoms with van der Waals surface area (Å²) in [5.41, 5.74) is 0.940. The van der Waals surface area contributed by atoms with Gasteiger partial charge in [0.05, 0.1) is 5.69 Å². The van der Waals surface area contributed by atoms with Crippen LogP contribution in [0.1, 0.15) is 36.9 Å². The molecule has 0 radical (unpaired) electrons. The van der Waals surface area contributed by atoms with Crippen molar-refractivity contribution in [3.63, 3.8) is 0 Å². The number of rotatable bonds is 5.